The van der Waals surface area contributed by atoms with Gasteiger partial charge in [0.05, 0.1) is 4.92 Å². The first-order chi connectivity index (χ1) is 15.9. The molecule has 6 nitrogen and oxygen atoms in total. The van der Waals surface area contributed by atoms with Gasteiger partial charge in [0.1, 0.15) is 5.82 Å². The van der Waals surface area contributed by atoms with Crippen molar-refractivity contribution in [1.29, 1.82) is 0 Å². The Morgan fingerprint density at radius 3 is 2.58 bits per heavy atom. The van der Waals surface area contributed by atoms with Crippen molar-refractivity contribution in [2.75, 3.05) is 6.54 Å². The third-order valence-electron chi connectivity index (χ3n) is 5.16. The lowest BCUT2D eigenvalue weighted by atomic mass is 10.2. The Balaban J connectivity index is 1.44. The zero-order valence-electron chi connectivity index (χ0n) is 17.3. The summed E-state index contributed by atoms with van der Waals surface area (Å²) in [5, 5.41) is 15.0. The fraction of sp³-hybridized carbons (Fsp3) is 0.125. The Morgan fingerprint density at radius 1 is 1.09 bits per heavy atom. The summed E-state index contributed by atoms with van der Waals surface area (Å²) in [6, 6.07) is 18.0. The highest BCUT2D eigenvalue weighted by atomic mass is 35.5. The van der Waals surface area contributed by atoms with Gasteiger partial charge in [0.15, 0.2) is 0 Å². The lowest BCUT2D eigenvalue weighted by Gasteiger charge is -2.07. The standard InChI is InChI=1S/C24H19ClFN3O3S/c25-20-5-3-6-21(26)19(20)15-33-23-14-28(22-7-2-1-4-18(22)23)13-12-27-24(30)16-8-10-17(11-9-16)29(31)32/h1-11,14H,12-13,15H2,(H,27,30). The molecule has 0 fully saturated rings. The van der Waals surface area contributed by atoms with Gasteiger partial charge in [-0.3, -0.25) is 14.9 Å². The number of aromatic nitrogens is 1. The average Bonchev–Trinajstić information content (AvgIpc) is 3.16. The maximum Gasteiger partial charge on any atom is 0.269 e. The van der Waals surface area contributed by atoms with Crippen LogP contribution >= 0.6 is 23.4 Å². The van der Waals surface area contributed by atoms with E-state index in [1.54, 1.807) is 12.1 Å². The number of fused-ring (bicyclic) bond motifs is 1. The Morgan fingerprint density at radius 2 is 1.85 bits per heavy atom. The number of halogens is 2. The van der Waals surface area contributed by atoms with Crippen LogP contribution in [0.1, 0.15) is 15.9 Å². The third kappa shape index (κ3) is 5.18. The van der Waals surface area contributed by atoms with Crippen LogP contribution < -0.4 is 5.32 Å². The maximum absolute atomic E-state index is 14.1. The number of benzene rings is 3. The van der Waals surface area contributed by atoms with Crippen molar-refractivity contribution < 1.29 is 14.1 Å². The molecule has 0 aliphatic rings. The molecular formula is C24H19ClFN3O3S. The van der Waals surface area contributed by atoms with Gasteiger partial charge in [-0.05, 0) is 30.3 Å². The van der Waals surface area contributed by atoms with Gasteiger partial charge in [0, 0.05) is 69.1 Å². The monoisotopic (exact) mass is 483 g/mol. The van der Waals surface area contributed by atoms with Crippen molar-refractivity contribution in [3.8, 4) is 0 Å². The molecule has 3 aromatic carbocycles. The molecule has 1 aromatic heterocycles. The highest BCUT2D eigenvalue weighted by molar-refractivity contribution is 7.98. The third-order valence-corrected chi connectivity index (χ3v) is 6.59. The maximum atomic E-state index is 14.1. The minimum absolute atomic E-state index is 0.0629. The van der Waals surface area contributed by atoms with E-state index in [4.69, 9.17) is 11.6 Å². The van der Waals surface area contributed by atoms with E-state index in [-0.39, 0.29) is 17.4 Å². The van der Waals surface area contributed by atoms with Gasteiger partial charge in [-0.25, -0.2) is 4.39 Å². The number of nitrogens with one attached hydrogen (secondary N) is 1. The van der Waals surface area contributed by atoms with E-state index in [0.29, 0.717) is 35.0 Å². The van der Waals surface area contributed by atoms with Crippen LogP contribution in [0.15, 0.2) is 77.8 Å². The second kappa shape index (κ2) is 10.1. The van der Waals surface area contributed by atoms with Crippen molar-refractivity contribution in [3.63, 3.8) is 0 Å². The Hall–Kier alpha value is -3.36. The Kier molecular flexibility index (Phi) is 6.96. The molecule has 9 heteroatoms. The number of rotatable bonds is 8. The number of carbonyl (C=O) groups is 1. The average molecular weight is 484 g/mol. The molecule has 33 heavy (non-hydrogen) atoms. The molecule has 1 amide bonds. The van der Waals surface area contributed by atoms with Crippen LogP contribution in [0.2, 0.25) is 5.02 Å². The Labute approximate surface area is 198 Å². The van der Waals surface area contributed by atoms with E-state index in [1.807, 2.05) is 35.0 Å². The summed E-state index contributed by atoms with van der Waals surface area (Å²) in [7, 11) is 0. The van der Waals surface area contributed by atoms with Crippen LogP contribution in [0.25, 0.3) is 10.9 Å². The van der Waals surface area contributed by atoms with Gasteiger partial charge in [0.25, 0.3) is 11.6 Å². The van der Waals surface area contributed by atoms with Gasteiger partial charge in [-0.15, -0.1) is 11.8 Å². The minimum Gasteiger partial charge on any atom is -0.350 e. The zero-order chi connectivity index (χ0) is 23.4. The first-order valence-corrected chi connectivity index (χ1v) is 11.5. The number of thioether (sulfide) groups is 1. The molecule has 0 saturated heterocycles. The van der Waals surface area contributed by atoms with E-state index >= 15 is 0 Å². The lowest BCUT2D eigenvalue weighted by Crippen LogP contribution is -2.27. The predicted molar refractivity (Wildman–Crippen MR) is 128 cm³/mol. The molecule has 0 radical (unpaired) electrons. The number of amides is 1. The van der Waals surface area contributed by atoms with Crippen molar-refractivity contribution in [3.05, 3.63) is 105 Å². The zero-order valence-corrected chi connectivity index (χ0v) is 18.9. The second-order valence-electron chi connectivity index (χ2n) is 7.25. The van der Waals surface area contributed by atoms with E-state index in [9.17, 15) is 19.3 Å². The van der Waals surface area contributed by atoms with Gasteiger partial charge in [-0.1, -0.05) is 35.9 Å². The number of nitrogens with zero attached hydrogens (tertiary/aromatic N) is 2. The summed E-state index contributed by atoms with van der Waals surface area (Å²) < 4.78 is 16.2. The van der Waals surface area contributed by atoms with Gasteiger partial charge >= 0.3 is 0 Å². The first kappa shape index (κ1) is 22.8. The van der Waals surface area contributed by atoms with Crippen LogP contribution in [-0.4, -0.2) is 21.9 Å². The number of para-hydroxylation sites is 1. The van der Waals surface area contributed by atoms with Gasteiger partial charge in [-0.2, -0.15) is 0 Å². The quantitative estimate of drug-likeness (QED) is 0.187. The molecule has 1 N–H and O–H groups in total. The molecule has 0 saturated carbocycles. The van der Waals surface area contributed by atoms with Gasteiger partial charge in [0.2, 0.25) is 0 Å². The fourth-order valence-electron chi connectivity index (χ4n) is 3.46. The fourth-order valence-corrected chi connectivity index (χ4v) is 4.89. The summed E-state index contributed by atoms with van der Waals surface area (Å²) in [6.07, 6.45) is 1.99. The molecule has 0 unspecified atom stereocenters. The largest absolute Gasteiger partial charge is 0.350 e. The highest BCUT2D eigenvalue weighted by Gasteiger charge is 2.13. The smallest absolute Gasteiger partial charge is 0.269 e. The first-order valence-electron chi connectivity index (χ1n) is 10.1. The molecule has 0 spiro atoms. The molecule has 0 aliphatic heterocycles. The summed E-state index contributed by atoms with van der Waals surface area (Å²) in [5.74, 6) is -0.228. The van der Waals surface area contributed by atoms with Crippen molar-refractivity contribution in [2.45, 2.75) is 17.2 Å². The van der Waals surface area contributed by atoms with Crippen molar-refractivity contribution in [2.24, 2.45) is 0 Å². The lowest BCUT2D eigenvalue weighted by molar-refractivity contribution is -0.384. The number of nitro benzene ring substituents is 1. The van der Waals surface area contributed by atoms with E-state index in [0.717, 1.165) is 15.8 Å². The SMILES string of the molecule is O=C(NCCn1cc(SCc2c(F)cccc2Cl)c2ccccc21)c1ccc([N+](=O)[O-])cc1. The number of nitro groups is 1. The molecule has 4 rings (SSSR count). The number of non-ortho nitro benzene ring substituents is 1. The van der Waals surface area contributed by atoms with Crippen LogP contribution in [0.5, 0.6) is 0 Å². The molecule has 4 aromatic rings. The summed E-state index contributed by atoms with van der Waals surface area (Å²) in [5.41, 5.74) is 1.77. The second-order valence-corrected chi connectivity index (χ2v) is 8.68. The number of carbonyl (C=O) groups excluding carboxylic acids is 1. The molecule has 1 heterocycles. The summed E-state index contributed by atoms with van der Waals surface area (Å²) in [6.45, 7) is 0.901. The van der Waals surface area contributed by atoms with E-state index in [1.165, 1.54) is 42.1 Å². The summed E-state index contributed by atoms with van der Waals surface area (Å²) >= 11 is 7.66. The van der Waals surface area contributed by atoms with E-state index < -0.39 is 4.92 Å². The highest BCUT2D eigenvalue weighted by Crippen LogP contribution is 2.34. The summed E-state index contributed by atoms with van der Waals surface area (Å²) in [4.78, 5) is 23.6. The molecule has 0 bridgehead atoms. The van der Waals surface area contributed by atoms with E-state index in [2.05, 4.69) is 5.32 Å². The van der Waals surface area contributed by atoms with Crippen molar-refractivity contribution in [1.82, 2.24) is 9.88 Å². The number of hydrogen-bond acceptors (Lipinski definition) is 4. The van der Waals surface area contributed by atoms with Crippen LogP contribution in [0.4, 0.5) is 10.1 Å². The molecule has 0 aliphatic carbocycles. The van der Waals surface area contributed by atoms with Crippen molar-refractivity contribution >= 4 is 45.9 Å². The molecule has 168 valence electrons. The topological polar surface area (TPSA) is 77.2 Å². The predicted octanol–water partition coefficient (Wildman–Crippen LogP) is 6.06. The van der Waals surface area contributed by atoms with Crippen LogP contribution in [-0.2, 0) is 12.3 Å². The molecular weight excluding hydrogens is 465 g/mol. The Bertz CT molecular complexity index is 1300. The molecule has 0 atom stereocenters. The van der Waals surface area contributed by atoms with Crippen LogP contribution in [0.3, 0.4) is 0 Å². The number of hydrogen-bond donors (Lipinski definition) is 1. The normalized spacial score (nSPS) is 11.0. The van der Waals surface area contributed by atoms with Crippen LogP contribution in [0, 0.1) is 15.9 Å². The van der Waals surface area contributed by atoms with Gasteiger partial charge < -0.3 is 9.88 Å². The minimum atomic E-state index is -0.505.